The lowest BCUT2D eigenvalue weighted by atomic mass is 10.1. The minimum absolute atomic E-state index is 0.0256. The number of carboxylic acids is 1. The molecule has 0 saturated heterocycles. The van der Waals surface area contributed by atoms with Gasteiger partial charge in [-0.2, -0.15) is 0 Å². The van der Waals surface area contributed by atoms with Crippen molar-refractivity contribution in [1.82, 2.24) is 9.61 Å². The quantitative estimate of drug-likeness (QED) is 0.676. The number of carboxylic acid groups (broad SMARTS) is 1. The number of benzene rings is 1. The summed E-state index contributed by atoms with van der Waals surface area (Å²) < 4.78 is 22.9. The summed E-state index contributed by atoms with van der Waals surface area (Å²) in [5, 5.41) is 15.6. The fraction of sp³-hybridized carbons (Fsp3) is 0.294. The van der Waals surface area contributed by atoms with E-state index in [2.05, 4.69) is 5.10 Å². The monoisotopic (exact) mass is 378 g/mol. The summed E-state index contributed by atoms with van der Waals surface area (Å²) in [6, 6.07) is 3.70. The van der Waals surface area contributed by atoms with E-state index in [9.17, 15) is 9.90 Å². The molecule has 0 unspecified atom stereocenters. The lowest BCUT2D eigenvalue weighted by Crippen LogP contribution is -1.99. The highest BCUT2D eigenvalue weighted by atomic mass is 32.1. The molecule has 0 saturated carbocycles. The van der Waals surface area contributed by atoms with Crippen LogP contribution in [0.5, 0.6) is 17.4 Å². The Morgan fingerprint density at radius 2 is 1.81 bits per heavy atom. The minimum Gasteiger partial charge on any atom is -0.496 e. The van der Waals surface area contributed by atoms with Gasteiger partial charge in [-0.3, -0.25) is 0 Å². The molecule has 0 aliphatic rings. The number of carbonyl (C=O) groups is 1. The Morgan fingerprint density at radius 1 is 1.15 bits per heavy atom. The van der Waals surface area contributed by atoms with Gasteiger partial charge >= 0.3 is 5.97 Å². The maximum Gasteiger partial charge on any atom is 0.344 e. The Hall–Kier alpha value is -2.78. The molecule has 0 bridgehead atoms. The smallest absolute Gasteiger partial charge is 0.344 e. The molecule has 0 amide bonds. The van der Waals surface area contributed by atoms with Crippen LogP contribution in [-0.4, -0.2) is 49.1 Å². The van der Waals surface area contributed by atoms with E-state index in [-0.39, 0.29) is 11.4 Å². The molecule has 1 N–H and O–H groups in total. The van der Waals surface area contributed by atoms with Crippen LogP contribution < -0.4 is 14.2 Å². The van der Waals surface area contributed by atoms with E-state index < -0.39 is 5.97 Å². The molecule has 9 heteroatoms. The predicted molar refractivity (Wildman–Crippen MR) is 95.8 cm³/mol. The fourth-order valence-electron chi connectivity index (χ4n) is 2.78. The Kier molecular flexibility index (Phi) is 5.01. The number of fused-ring (bicyclic) bond motifs is 1. The number of rotatable bonds is 7. The third-order valence-corrected chi connectivity index (χ3v) is 4.80. The van der Waals surface area contributed by atoms with Crippen molar-refractivity contribution in [3.05, 3.63) is 28.6 Å². The molecule has 1 aromatic carbocycles. The zero-order chi connectivity index (χ0) is 18.8. The Morgan fingerprint density at radius 3 is 2.31 bits per heavy atom. The highest BCUT2D eigenvalue weighted by Gasteiger charge is 2.26. The third kappa shape index (κ3) is 2.85. The van der Waals surface area contributed by atoms with Crippen LogP contribution >= 0.6 is 11.3 Å². The highest BCUT2D eigenvalue weighted by molar-refractivity contribution is 7.16. The zero-order valence-corrected chi connectivity index (χ0v) is 15.5. The molecule has 8 nitrogen and oxygen atoms in total. The van der Waals surface area contributed by atoms with Gasteiger partial charge in [0.1, 0.15) is 16.3 Å². The Balaban J connectivity index is 2.28. The Labute approximate surface area is 153 Å². The maximum atomic E-state index is 11.6. The molecule has 0 aliphatic heterocycles. The summed E-state index contributed by atoms with van der Waals surface area (Å²) in [5.74, 6) is 0.101. The number of aromatic carboxylic acids is 1. The molecule has 2 aromatic heterocycles. The lowest BCUT2D eigenvalue weighted by Gasteiger charge is -2.14. The van der Waals surface area contributed by atoms with Gasteiger partial charge in [-0.1, -0.05) is 0 Å². The van der Waals surface area contributed by atoms with Crippen LogP contribution in [0.3, 0.4) is 0 Å². The molecule has 3 aromatic rings. The van der Waals surface area contributed by atoms with E-state index >= 15 is 0 Å². The molecule has 0 spiro atoms. The molecular weight excluding hydrogens is 360 g/mol. The third-order valence-electron chi connectivity index (χ3n) is 3.86. The van der Waals surface area contributed by atoms with Gasteiger partial charge in [-0.25, -0.2) is 9.31 Å². The first-order chi connectivity index (χ1) is 12.5. The first kappa shape index (κ1) is 18.0. The van der Waals surface area contributed by atoms with Crippen molar-refractivity contribution < 1.29 is 28.8 Å². The molecule has 0 fully saturated rings. The summed E-state index contributed by atoms with van der Waals surface area (Å²) in [5.41, 5.74) is 2.23. The van der Waals surface area contributed by atoms with E-state index in [0.29, 0.717) is 34.2 Å². The molecule has 0 radical (unpaired) electrons. The normalized spacial score (nSPS) is 10.9. The minimum atomic E-state index is -1.10. The zero-order valence-electron chi connectivity index (χ0n) is 14.7. The van der Waals surface area contributed by atoms with Crippen LogP contribution in [0.25, 0.3) is 16.1 Å². The maximum absolute atomic E-state index is 11.6. The average molecular weight is 378 g/mol. The standard InChI is InChI=1S/C17H18N2O6S/c1-22-7-9-5-11(23-2)13(12(6-9)24-3)10-8-26-16-14(17(20)21)15(25-4)18-19(10)16/h5-6,8H,7H2,1-4H3,(H,20,21). The van der Waals surface area contributed by atoms with E-state index in [4.69, 9.17) is 18.9 Å². The van der Waals surface area contributed by atoms with Gasteiger partial charge in [0.25, 0.3) is 0 Å². The van der Waals surface area contributed by atoms with Crippen molar-refractivity contribution >= 4 is 22.1 Å². The van der Waals surface area contributed by atoms with Crippen molar-refractivity contribution in [2.24, 2.45) is 0 Å². The lowest BCUT2D eigenvalue weighted by molar-refractivity contribution is 0.0695. The summed E-state index contributed by atoms with van der Waals surface area (Å²) in [4.78, 5) is 12.0. The highest BCUT2D eigenvalue weighted by Crippen LogP contribution is 2.42. The van der Waals surface area contributed by atoms with Crippen LogP contribution in [0.2, 0.25) is 0 Å². The van der Waals surface area contributed by atoms with Crippen molar-refractivity contribution in [1.29, 1.82) is 0 Å². The number of hydrogen-bond donors (Lipinski definition) is 1. The molecule has 2 heterocycles. The van der Waals surface area contributed by atoms with E-state index in [1.54, 1.807) is 21.3 Å². The number of thiazole rings is 1. The van der Waals surface area contributed by atoms with Crippen LogP contribution in [0.4, 0.5) is 0 Å². The van der Waals surface area contributed by atoms with Gasteiger partial charge < -0.3 is 24.1 Å². The molecule has 26 heavy (non-hydrogen) atoms. The largest absolute Gasteiger partial charge is 0.496 e. The van der Waals surface area contributed by atoms with Crippen LogP contribution in [0.1, 0.15) is 15.9 Å². The molecule has 138 valence electrons. The fourth-order valence-corrected chi connectivity index (χ4v) is 3.75. The SMILES string of the molecule is COCc1cc(OC)c(-c2csc3c(C(=O)O)c(OC)nn23)c(OC)c1. The second-order valence-electron chi connectivity index (χ2n) is 5.34. The molecular formula is C17H18N2O6S. The van der Waals surface area contributed by atoms with Crippen molar-refractivity contribution in [2.75, 3.05) is 28.4 Å². The van der Waals surface area contributed by atoms with Crippen molar-refractivity contribution in [3.8, 4) is 28.6 Å². The first-order valence-electron chi connectivity index (χ1n) is 7.57. The molecule has 0 atom stereocenters. The first-order valence-corrected chi connectivity index (χ1v) is 8.45. The van der Waals surface area contributed by atoms with Crippen LogP contribution in [0, 0.1) is 0 Å². The number of aromatic nitrogens is 2. The summed E-state index contributed by atoms with van der Waals surface area (Å²) in [6.45, 7) is 0.408. The van der Waals surface area contributed by atoms with Crippen LogP contribution in [-0.2, 0) is 11.3 Å². The van der Waals surface area contributed by atoms with Gasteiger partial charge in [0, 0.05) is 12.5 Å². The number of ether oxygens (including phenoxy) is 4. The summed E-state index contributed by atoms with van der Waals surface area (Å²) >= 11 is 1.26. The van der Waals surface area contributed by atoms with Gasteiger partial charge in [0.2, 0.25) is 5.88 Å². The van der Waals surface area contributed by atoms with Gasteiger partial charge in [0.05, 0.1) is 39.2 Å². The number of methoxy groups -OCH3 is 4. The van der Waals surface area contributed by atoms with Gasteiger partial charge in [-0.05, 0) is 17.7 Å². The van der Waals surface area contributed by atoms with Gasteiger partial charge in [-0.15, -0.1) is 16.4 Å². The Bertz CT molecular complexity index is 937. The number of nitrogens with zero attached hydrogens (tertiary/aromatic N) is 2. The van der Waals surface area contributed by atoms with E-state index in [1.807, 2.05) is 17.5 Å². The predicted octanol–water partition coefficient (Wildman–Crippen LogP) is 2.93. The van der Waals surface area contributed by atoms with Crippen molar-refractivity contribution in [3.63, 3.8) is 0 Å². The van der Waals surface area contributed by atoms with Crippen LogP contribution in [0.15, 0.2) is 17.5 Å². The summed E-state index contributed by atoms with van der Waals surface area (Å²) in [7, 11) is 6.12. The average Bonchev–Trinajstić information content (AvgIpc) is 3.19. The molecule has 0 aliphatic carbocycles. The van der Waals surface area contributed by atoms with E-state index in [0.717, 1.165) is 5.56 Å². The molecule has 3 rings (SSSR count). The number of hydrogen-bond acceptors (Lipinski definition) is 7. The second-order valence-corrected chi connectivity index (χ2v) is 6.19. The van der Waals surface area contributed by atoms with Crippen molar-refractivity contribution in [2.45, 2.75) is 6.61 Å². The topological polar surface area (TPSA) is 91.5 Å². The second kappa shape index (κ2) is 7.22. The summed E-state index contributed by atoms with van der Waals surface area (Å²) in [6.07, 6.45) is 0. The van der Waals surface area contributed by atoms with Gasteiger partial charge in [0.15, 0.2) is 5.56 Å². The van der Waals surface area contributed by atoms with E-state index in [1.165, 1.54) is 23.0 Å².